The Labute approximate surface area is 136 Å². The molecule has 2 aromatic rings. The van der Waals surface area contributed by atoms with Crippen molar-refractivity contribution in [2.45, 2.75) is 32.2 Å². The van der Waals surface area contributed by atoms with E-state index in [9.17, 15) is 9.18 Å². The van der Waals surface area contributed by atoms with E-state index in [0.717, 1.165) is 29.7 Å². The third-order valence-electron chi connectivity index (χ3n) is 4.17. The molecule has 3 heteroatoms. The second-order valence-electron chi connectivity index (χ2n) is 5.97. The van der Waals surface area contributed by atoms with Crippen LogP contribution in [0, 0.1) is 12.7 Å². The maximum absolute atomic E-state index is 13.1. The number of ketones is 1. The lowest BCUT2D eigenvalue weighted by molar-refractivity contribution is -0.116. The Morgan fingerprint density at radius 3 is 2.39 bits per heavy atom. The number of Topliss-reactive ketones (excluding diaryl/α,β-unsaturated/α-hetero) is 1. The zero-order chi connectivity index (χ0) is 16.2. The number of nitrogens with one attached hydrogen (secondary N) is 1. The number of halogens is 1. The van der Waals surface area contributed by atoms with Gasteiger partial charge in [-0.2, -0.15) is 0 Å². The summed E-state index contributed by atoms with van der Waals surface area (Å²) in [6.07, 6.45) is 4.47. The first kappa shape index (κ1) is 15.5. The monoisotopic (exact) mass is 309 g/mol. The van der Waals surface area contributed by atoms with Crippen LogP contribution < -0.4 is 5.32 Å². The molecule has 118 valence electrons. The maximum Gasteiger partial charge on any atom is 0.160 e. The van der Waals surface area contributed by atoms with Gasteiger partial charge in [0.2, 0.25) is 0 Å². The van der Waals surface area contributed by atoms with Crippen molar-refractivity contribution < 1.29 is 9.18 Å². The quantitative estimate of drug-likeness (QED) is 0.864. The van der Waals surface area contributed by atoms with Crippen LogP contribution >= 0.6 is 0 Å². The normalized spacial score (nSPS) is 15.9. The Morgan fingerprint density at radius 1 is 1.04 bits per heavy atom. The van der Waals surface area contributed by atoms with E-state index in [1.54, 1.807) is 12.1 Å². The van der Waals surface area contributed by atoms with Gasteiger partial charge in [0.15, 0.2) is 5.78 Å². The Bertz CT molecular complexity index is 716. The zero-order valence-corrected chi connectivity index (χ0v) is 13.2. The fourth-order valence-corrected chi connectivity index (χ4v) is 2.87. The van der Waals surface area contributed by atoms with Crippen molar-refractivity contribution in [3.63, 3.8) is 0 Å². The van der Waals surface area contributed by atoms with Gasteiger partial charge in [-0.05, 0) is 49.6 Å². The highest BCUT2D eigenvalue weighted by atomic mass is 19.1. The van der Waals surface area contributed by atoms with Gasteiger partial charge >= 0.3 is 0 Å². The average molecular weight is 309 g/mol. The van der Waals surface area contributed by atoms with Gasteiger partial charge in [0.1, 0.15) is 5.82 Å². The summed E-state index contributed by atoms with van der Waals surface area (Å²) in [5.41, 5.74) is 3.83. The Kier molecular flexibility index (Phi) is 4.56. The Morgan fingerprint density at radius 2 is 1.74 bits per heavy atom. The summed E-state index contributed by atoms with van der Waals surface area (Å²) in [4.78, 5) is 12.4. The van der Waals surface area contributed by atoms with E-state index in [1.165, 1.54) is 17.7 Å². The van der Waals surface area contributed by atoms with E-state index >= 15 is 0 Å². The summed E-state index contributed by atoms with van der Waals surface area (Å²) in [5.74, 6) is -0.0770. The standard InChI is InChI=1S/C20H20FNO/c1-14-6-8-15(9-7-14)20(18-4-2-3-5-19(18)23)22-17-12-10-16(21)11-13-17/h4,6-13,20,22H,2-3,5H2,1H3. The second kappa shape index (κ2) is 6.78. The maximum atomic E-state index is 13.1. The van der Waals surface area contributed by atoms with Crippen molar-refractivity contribution in [1.29, 1.82) is 0 Å². The van der Waals surface area contributed by atoms with Crippen LogP contribution in [-0.4, -0.2) is 5.78 Å². The molecule has 0 amide bonds. The van der Waals surface area contributed by atoms with Crippen molar-refractivity contribution in [2.24, 2.45) is 0 Å². The van der Waals surface area contributed by atoms with Gasteiger partial charge in [-0.1, -0.05) is 35.9 Å². The van der Waals surface area contributed by atoms with Crippen LogP contribution in [0.1, 0.15) is 36.4 Å². The summed E-state index contributed by atoms with van der Waals surface area (Å²) in [7, 11) is 0. The minimum atomic E-state index is -0.268. The fourth-order valence-electron chi connectivity index (χ4n) is 2.87. The number of anilines is 1. The van der Waals surface area contributed by atoms with Crippen molar-refractivity contribution in [3.05, 3.63) is 77.1 Å². The molecule has 2 nitrogen and oxygen atoms in total. The molecule has 3 rings (SSSR count). The molecule has 0 bridgehead atoms. The number of aryl methyl sites for hydroxylation is 1. The van der Waals surface area contributed by atoms with E-state index in [2.05, 4.69) is 5.32 Å². The third-order valence-corrected chi connectivity index (χ3v) is 4.17. The first-order chi connectivity index (χ1) is 11.1. The van der Waals surface area contributed by atoms with Gasteiger partial charge in [-0.3, -0.25) is 4.79 Å². The van der Waals surface area contributed by atoms with Crippen molar-refractivity contribution in [1.82, 2.24) is 0 Å². The van der Waals surface area contributed by atoms with E-state index in [-0.39, 0.29) is 17.6 Å². The first-order valence-electron chi connectivity index (χ1n) is 7.95. The summed E-state index contributed by atoms with van der Waals surface area (Å²) in [5, 5.41) is 3.39. The van der Waals surface area contributed by atoms with Crippen LogP contribution in [0.15, 0.2) is 60.2 Å². The summed E-state index contributed by atoms with van der Waals surface area (Å²) in [6, 6.07) is 14.2. The molecule has 0 fully saturated rings. The lowest BCUT2D eigenvalue weighted by atomic mass is 9.88. The molecule has 0 spiro atoms. The third kappa shape index (κ3) is 3.67. The van der Waals surface area contributed by atoms with Crippen molar-refractivity contribution in [3.8, 4) is 0 Å². The molecule has 1 unspecified atom stereocenters. The predicted octanol–water partition coefficient (Wildman–Crippen LogP) is 4.97. The Hall–Kier alpha value is -2.42. The number of carbonyl (C=O) groups is 1. The van der Waals surface area contributed by atoms with E-state index in [0.29, 0.717) is 6.42 Å². The predicted molar refractivity (Wildman–Crippen MR) is 90.9 cm³/mol. The molecule has 0 aromatic heterocycles. The van der Waals surface area contributed by atoms with Crippen LogP contribution in [0.3, 0.4) is 0 Å². The number of rotatable bonds is 4. The van der Waals surface area contributed by atoms with Crippen molar-refractivity contribution >= 4 is 11.5 Å². The molecule has 1 N–H and O–H groups in total. The van der Waals surface area contributed by atoms with Crippen LogP contribution in [0.2, 0.25) is 0 Å². The van der Waals surface area contributed by atoms with Crippen molar-refractivity contribution in [2.75, 3.05) is 5.32 Å². The topological polar surface area (TPSA) is 29.1 Å². The minimum absolute atomic E-state index is 0.191. The lowest BCUT2D eigenvalue weighted by Gasteiger charge is -2.25. The summed E-state index contributed by atoms with van der Waals surface area (Å²) < 4.78 is 13.1. The first-order valence-corrected chi connectivity index (χ1v) is 7.95. The molecule has 1 aliphatic rings. The zero-order valence-electron chi connectivity index (χ0n) is 13.2. The number of hydrogen-bond donors (Lipinski definition) is 1. The van der Waals surface area contributed by atoms with Gasteiger partial charge in [0.25, 0.3) is 0 Å². The highest BCUT2D eigenvalue weighted by Crippen LogP contribution is 2.31. The summed E-state index contributed by atoms with van der Waals surface area (Å²) in [6.45, 7) is 2.04. The number of benzene rings is 2. The van der Waals surface area contributed by atoms with Crippen LogP contribution in [-0.2, 0) is 4.79 Å². The molecular weight excluding hydrogens is 289 g/mol. The SMILES string of the molecule is Cc1ccc(C(Nc2ccc(F)cc2)C2=CCCCC2=O)cc1. The van der Waals surface area contributed by atoms with Gasteiger partial charge in [0, 0.05) is 17.7 Å². The van der Waals surface area contributed by atoms with Crippen LogP contribution in [0.5, 0.6) is 0 Å². The van der Waals surface area contributed by atoms with Crippen LogP contribution in [0.4, 0.5) is 10.1 Å². The molecule has 1 atom stereocenters. The molecule has 0 radical (unpaired) electrons. The number of carbonyl (C=O) groups excluding carboxylic acids is 1. The highest BCUT2D eigenvalue weighted by Gasteiger charge is 2.24. The van der Waals surface area contributed by atoms with E-state index in [4.69, 9.17) is 0 Å². The molecule has 0 heterocycles. The molecule has 23 heavy (non-hydrogen) atoms. The smallest absolute Gasteiger partial charge is 0.160 e. The fraction of sp³-hybridized carbons (Fsp3) is 0.250. The molecule has 0 saturated carbocycles. The van der Waals surface area contributed by atoms with Gasteiger partial charge < -0.3 is 5.32 Å². The highest BCUT2D eigenvalue weighted by molar-refractivity contribution is 5.98. The molecule has 2 aromatic carbocycles. The molecule has 0 aliphatic heterocycles. The van der Waals surface area contributed by atoms with E-state index in [1.807, 2.05) is 37.3 Å². The largest absolute Gasteiger partial charge is 0.374 e. The lowest BCUT2D eigenvalue weighted by Crippen LogP contribution is -2.21. The molecule has 0 saturated heterocycles. The second-order valence-corrected chi connectivity index (χ2v) is 5.97. The number of hydrogen-bond acceptors (Lipinski definition) is 2. The van der Waals surface area contributed by atoms with Gasteiger partial charge in [0.05, 0.1) is 6.04 Å². The molecular formula is C20H20FNO. The number of allylic oxidation sites excluding steroid dienone is 1. The van der Waals surface area contributed by atoms with E-state index < -0.39 is 0 Å². The molecule has 1 aliphatic carbocycles. The summed E-state index contributed by atoms with van der Waals surface area (Å²) >= 11 is 0. The minimum Gasteiger partial charge on any atom is -0.374 e. The van der Waals surface area contributed by atoms with Gasteiger partial charge in [-0.15, -0.1) is 0 Å². The average Bonchev–Trinajstić information content (AvgIpc) is 2.56. The van der Waals surface area contributed by atoms with Crippen LogP contribution in [0.25, 0.3) is 0 Å². The Balaban J connectivity index is 1.95. The van der Waals surface area contributed by atoms with Gasteiger partial charge in [-0.25, -0.2) is 4.39 Å².